The van der Waals surface area contributed by atoms with Gasteiger partial charge in [0.2, 0.25) is 0 Å². The fourth-order valence-electron chi connectivity index (χ4n) is 1.40. The molecule has 1 atom stereocenters. The highest BCUT2D eigenvalue weighted by atomic mass is 19.1. The van der Waals surface area contributed by atoms with Gasteiger partial charge in [-0.15, -0.1) is 0 Å². The van der Waals surface area contributed by atoms with Crippen molar-refractivity contribution in [2.24, 2.45) is 0 Å². The fraction of sp³-hybridized carbons (Fsp3) is 0.0833. The molecule has 0 aliphatic carbocycles. The lowest BCUT2D eigenvalue weighted by Gasteiger charge is -2.03. The minimum absolute atomic E-state index is 0.638. The van der Waals surface area contributed by atoms with Crippen LogP contribution >= 0.6 is 0 Å². The van der Waals surface area contributed by atoms with Crippen molar-refractivity contribution in [3.05, 3.63) is 55.0 Å². The summed E-state index contributed by atoms with van der Waals surface area (Å²) in [6.45, 7) is 3.35. The molecule has 0 aliphatic rings. The molecule has 0 saturated heterocycles. The van der Waals surface area contributed by atoms with Crippen molar-refractivity contribution in [1.29, 1.82) is 0 Å². The summed E-state index contributed by atoms with van der Waals surface area (Å²) in [7, 11) is 0. The van der Waals surface area contributed by atoms with E-state index in [0.29, 0.717) is 5.56 Å². The smallest absolute Gasteiger partial charge is 0.125 e. The van der Waals surface area contributed by atoms with Gasteiger partial charge in [0.25, 0.3) is 0 Å². The Morgan fingerprint density at radius 1 is 1.00 bits per heavy atom. The Labute approximate surface area is 77.0 Å². The van der Waals surface area contributed by atoms with Gasteiger partial charge in [-0.05, 0) is 29.3 Å². The summed E-state index contributed by atoms with van der Waals surface area (Å²) in [4.78, 5) is 0. The summed E-state index contributed by atoms with van der Waals surface area (Å²) in [5.41, 5.74) is 0.638. The number of hydrogen-bond donors (Lipinski definition) is 0. The van der Waals surface area contributed by atoms with Crippen molar-refractivity contribution in [2.75, 3.05) is 0 Å². The summed E-state index contributed by atoms with van der Waals surface area (Å²) in [5, 5.41) is 2.19. The van der Waals surface area contributed by atoms with Crippen LogP contribution in [-0.4, -0.2) is 0 Å². The molecule has 65 valence electrons. The van der Waals surface area contributed by atoms with Gasteiger partial charge in [-0.1, -0.05) is 36.4 Å². The third-order valence-electron chi connectivity index (χ3n) is 2.14. The normalized spacial score (nSPS) is 13.1. The van der Waals surface area contributed by atoms with Crippen molar-refractivity contribution in [3.8, 4) is 0 Å². The predicted octanol–water partition coefficient (Wildman–Crippen LogP) is 3.68. The van der Waals surface area contributed by atoms with Crippen LogP contribution < -0.4 is 0 Å². The van der Waals surface area contributed by atoms with Gasteiger partial charge < -0.3 is 0 Å². The van der Waals surface area contributed by atoms with E-state index in [9.17, 15) is 4.39 Å². The highest BCUT2D eigenvalue weighted by Gasteiger charge is 2.02. The Morgan fingerprint density at radius 2 is 1.69 bits per heavy atom. The van der Waals surface area contributed by atoms with E-state index in [4.69, 9.17) is 0 Å². The first-order valence-electron chi connectivity index (χ1n) is 4.23. The summed E-state index contributed by atoms with van der Waals surface area (Å²) < 4.78 is 12.9. The van der Waals surface area contributed by atoms with Gasteiger partial charge in [-0.25, -0.2) is 4.39 Å². The van der Waals surface area contributed by atoms with E-state index in [1.165, 1.54) is 0 Å². The lowest BCUT2D eigenvalue weighted by Crippen LogP contribution is -1.84. The Kier molecular flexibility index (Phi) is 2.01. The topological polar surface area (TPSA) is 0 Å². The van der Waals surface area contributed by atoms with Crippen molar-refractivity contribution in [1.82, 2.24) is 0 Å². The number of fused-ring (bicyclic) bond motifs is 1. The summed E-state index contributed by atoms with van der Waals surface area (Å²) in [6, 6.07) is 13.4. The van der Waals surface area contributed by atoms with Gasteiger partial charge in [0.15, 0.2) is 0 Å². The highest BCUT2D eigenvalue weighted by Crippen LogP contribution is 2.21. The van der Waals surface area contributed by atoms with E-state index in [1.54, 1.807) is 6.07 Å². The van der Waals surface area contributed by atoms with Gasteiger partial charge in [0.05, 0.1) is 0 Å². The lowest BCUT2D eigenvalue weighted by molar-refractivity contribution is 0.411. The standard InChI is InChI=1S/C12H10F/c1-9(13)11-7-6-10-4-2-3-5-12(10)8-11/h2-9H,1H2. The SMILES string of the molecule is [CH2]C(F)c1ccc2ccccc2c1. The molecule has 2 rings (SSSR count). The minimum Gasteiger partial charge on any atom is -0.242 e. The number of hydrogen-bond acceptors (Lipinski definition) is 0. The second-order valence-corrected chi connectivity index (χ2v) is 3.07. The van der Waals surface area contributed by atoms with Gasteiger partial charge in [-0.3, -0.25) is 0 Å². The third kappa shape index (κ3) is 1.55. The van der Waals surface area contributed by atoms with Crippen LogP contribution in [0.5, 0.6) is 0 Å². The molecule has 0 nitrogen and oxygen atoms in total. The Balaban J connectivity index is 2.62. The highest BCUT2D eigenvalue weighted by molar-refractivity contribution is 5.83. The van der Waals surface area contributed by atoms with Crippen molar-refractivity contribution in [2.45, 2.75) is 6.17 Å². The zero-order valence-electron chi connectivity index (χ0n) is 7.20. The largest absolute Gasteiger partial charge is 0.242 e. The molecule has 2 aromatic rings. The molecule has 1 unspecified atom stereocenters. The molecular formula is C12H10F. The van der Waals surface area contributed by atoms with Crippen LogP contribution in [0.1, 0.15) is 11.7 Å². The second kappa shape index (κ2) is 3.17. The molecule has 13 heavy (non-hydrogen) atoms. The number of benzene rings is 2. The Morgan fingerprint density at radius 3 is 2.38 bits per heavy atom. The molecule has 0 spiro atoms. The molecular weight excluding hydrogens is 163 g/mol. The Hall–Kier alpha value is -1.37. The number of halogens is 1. The first kappa shape index (κ1) is 8.24. The zero-order chi connectivity index (χ0) is 9.26. The molecule has 1 radical (unpaired) electrons. The molecule has 0 bridgehead atoms. The molecule has 0 fully saturated rings. The lowest BCUT2D eigenvalue weighted by atomic mass is 10.1. The van der Waals surface area contributed by atoms with Crippen molar-refractivity contribution >= 4 is 10.8 Å². The van der Waals surface area contributed by atoms with Crippen LogP contribution in [0.3, 0.4) is 0 Å². The average molecular weight is 173 g/mol. The molecule has 2 aromatic carbocycles. The van der Waals surface area contributed by atoms with Gasteiger partial charge >= 0.3 is 0 Å². The molecule has 1 heteroatoms. The predicted molar refractivity (Wildman–Crippen MR) is 53.2 cm³/mol. The molecule has 0 amide bonds. The summed E-state index contributed by atoms with van der Waals surface area (Å²) in [5.74, 6) is 0. The van der Waals surface area contributed by atoms with Crippen LogP contribution in [-0.2, 0) is 0 Å². The maximum absolute atomic E-state index is 12.9. The second-order valence-electron chi connectivity index (χ2n) is 3.07. The Bertz CT molecular complexity index is 418. The third-order valence-corrected chi connectivity index (χ3v) is 2.14. The van der Waals surface area contributed by atoms with E-state index in [-0.39, 0.29) is 0 Å². The molecule has 0 heterocycles. The van der Waals surface area contributed by atoms with Crippen LogP contribution in [0.4, 0.5) is 4.39 Å². The monoisotopic (exact) mass is 173 g/mol. The van der Waals surface area contributed by atoms with E-state index in [1.807, 2.05) is 36.4 Å². The molecule has 0 aliphatic heterocycles. The van der Waals surface area contributed by atoms with E-state index in [0.717, 1.165) is 10.8 Å². The van der Waals surface area contributed by atoms with Crippen molar-refractivity contribution < 1.29 is 4.39 Å². The van der Waals surface area contributed by atoms with Crippen LogP contribution in [0.15, 0.2) is 42.5 Å². The summed E-state index contributed by atoms with van der Waals surface area (Å²) >= 11 is 0. The summed E-state index contributed by atoms with van der Waals surface area (Å²) in [6.07, 6.45) is -1.13. The van der Waals surface area contributed by atoms with Gasteiger partial charge in [0.1, 0.15) is 6.17 Å². The molecule has 0 N–H and O–H groups in total. The minimum atomic E-state index is -1.13. The van der Waals surface area contributed by atoms with E-state index >= 15 is 0 Å². The van der Waals surface area contributed by atoms with Crippen molar-refractivity contribution in [3.63, 3.8) is 0 Å². The first-order valence-corrected chi connectivity index (χ1v) is 4.23. The van der Waals surface area contributed by atoms with Gasteiger partial charge in [0, 0.05) is 0 Å². The van der Waals surface area contributed by atoms with E-state index < -0.39 is 6.17 Å². The van der Waals surface area contributed by atoms with Crippen LogP contribution in [0.25, 0.3) is 10.8 Å². The maximum Gasteiger partial charge on any atom is 0.125 e. The number of alkyl halides is 1. The average Bonchev–Trinajstić information content (AvgIpc) is 2.17. The van der Waals surface area contributed by atoms with Gasteiger partial charge in [-0.2, -0.15) is 0 Å². The van der Waals surface area contributed by atoms with Crippen LogP contribution in [0.2, 0.25) is 0 Å². The quantitative estimate of drug-likeness (QED) is 0.617. The first-order chi connectivity index (χ1) is 6.27. The zero-order valence-corrected chi connectivity index (χ0v) is 7.20. The number of rotatable bonds is 1. The molecule has 0 aromatic heterocycles. The molecule has 0 saturated carbocycles. The fourth-order valence-corrected chi connectivity index (χ4v) is 1.40. The maximum atomic E-state index is 12.9. The van der Waals surface area contributed by atoms with E-state index in [2.05, 4.69) is 6.92 Å². The van der Waals surface area contributed by atoms with Crippen LogP contribution in [0, 0.1) is 6.92 Å².